The first kappa shape index (κ1) is 18.8. The summed E-state index contributed by atoms with van der Waals surface area (Å²) in [6.07, 6.45) is -3.63. The number of rotatable bonds is 4. The summed E-state index contributed by atoms with van der Waals surface area (Å²) in [6.45, 7) is 0. The van der Waals surface area contributed by atoms with E-state index in [1.807, 2.05) is 0 Å². The molecule has 0 aliphatic carbocycles. The van der Waals surface area contributed by atoms with Crippen molar-refractivity contribution < 1.29 is 39.4 Å². The first-order valence-electron chi connectivity index (χ1n) is 8.85. The van der Waals surface area contributed by atoms with Crippen molar-refractivity contribution in [3.63, 3.8) is 0 Å². The third-order valence-corrected chi connectivity index (χ3v) is 5.44. The van der Waals surface area contributed by atoms with E-state index >= 15 is 0 Å². The van der Waals surface area contributed by atoms with Gasteiger partial charge in [0, 0.05) is 0 Å². The topological polar surface area (TPSA) is 118 Å². The van der Waals surface area contributed by atoms with Crippen molar-refractivity contribution in [3.8, 4) is 23.0 Å². The molecule has 2 aromatic carbocycles. The monoisotopic (exact) mass is 390 g/mol. The second kappa shape index (κ2) is 7.14. The molecule has 4 N–H and O–H groups in total. The van der Waals surface area contributed by atoms with Gasteiger partial charge in [0.25, 0.3) is 0 Å². The zero-order chi connectivity index (χ0) is 20.0. The predicted octanol–water partition coefficient (Wildman–Crippen LogP) is 1.83. The van der Waals surface area contributed by atoms with Crippen LogP contribution < -0.4 is 9.47 Å². The molecular formula is C20H22O8. The Hall–Kier alpha value is -2.52. The van der Waals surface area contributed by atoms with Gasteiger partial charge in [-0.25, -0.2) is 0 Å². The molecule has 150 valence electrons. The number of aromatic hydroxyl groups is 2. The van der Waals surface area contributed by atoms with Crippen LogP contribution in [0, 0.1) is 11.8 Å². The Morgan fingerprint density at radius 3 is 1.46 bits per heavy atom. The van der Waals surface area contributed by atoms with Gasteiger partial charge in [-0.05, 0) is 35.4 Å². The lowest BCUT2D eigenvalue weighted by Crippen LogP contribution is -2.23. The lowest BCUT2D eigenvalue weighted by atomic mass is 9.83. The summed E-state index contributed by atoms with van der Waals surface area (Å²) >= 11 is 0. The Morgan fingerprint density at radius 1 is 0.714 bits per heavy atom. The molecule has 0 aromatic heterocycles. The first-order chi connectivity index (χ1) is 13.4. The normalized spacial score (nSPS) is 31.6. The van der Waals surface area contributed by atoms with Gasteiger partial charge in [0.15, 0.2) is 35.6 Å². The minimum Gasteiger partial charge on any atom is -0.504 e. The molecule has 2 aliphatic rings. The Balaban J connectivity index is 1.67. The van der Waals surface area contributed by atoms with Gasteiger partial charge < -0.3 is 39.4 Å². The third kappa shape index (κ3) is 2.94. The molecule has 0 spiro atoms. The van der Waals surface area contributed by atoms with Crippen molar-refractivity contribution in [2.24, 2.45) is 11.8 Å². The Bertz CT molecular complexity index is 798. The van der Waals surface area contributed by atoms with Crippen LogP contribution in [0.1, 0.15) is 23.3 Å². The second-order valence-electron chi connectivity index (χ2n) is 6.91. The maximum Gasteiger partial charge on any atom is 0.161 e. The van der Waals surface area contributed by atoms with E-state index in [2.05, 4.69) is 0 Å². The van der Waals surface area contributed by atoms with Crippen LogP contribution in [0.25, 0.3) is 0 Å². The van der Waals surface area contributed by atoms with Gasteiger partial charge >= 0.3 is 0 Å². The number of benzene rings is 2. The average molecular weight is 390 g/mol. The van der Waals surface area contributed by atoms with Crippen LogP contribution in [0.15, 0.2) is 36.4 Å². The van der Waals surface area contributed by atoms with Crippen molar-refractivity contribution in [2.75, 3.05) is 14.2 Å². The van der Waals surface area contributed by atoms with Crippen molar-refractivity contribution in [2.45, 2.75) is 24.8 Å². The number of hydrogen-bond acceptors (Lipinski definition) is 8. The molecule has 2 saturated heterocycles. The van der Waals surface area contributed by atoms with Crippen molar-refractivity contribution >= 4 is 0 Å². The smallest absolute Gasteiger partial charge is 0.161 e. The van der Waals surface area contributed by atoms with E-state index in [0.717, 1.165) is 0 Å². The highest BCUT2D eigenvalue weighted by Crippen LogP contribution is 2.55. The Morgan fingerprint density at radius 2 is 1.11 bits per heavy atom. The molecule has 0 amide bonds. The summed E-state index contributed by atoms with van der Waals surface area (Å²) < 4.78 is 21.8. The predicted molar refractivity (Wildman–Crippen MR) is 96.0 cm³/mol. The van der Waals surface area contributed by atoms with Gasteiger partial charge in [0.2, 0.25) is 0 Å². The van der Waals surface area contributed by atoms with E-state index in [1.165, 1.54) is 26.4 Å². The molecule has 2 aromatic rings. The highest BCUT2D eigenvalue weighted by Gasteiger charge is 2.57. The van der Waals surface area contributed by atoms with Gasteiger partial charge in [0.1, 0.15) is 0 Å². The van der Waals surface area contributed by atoms with Crippen molar-refractivity contribution in [1.82, 2.24) is 0 Å². The van der Waals surface area contributed by atoms with Gasteiger partial charge in [-0.2, -0.15) is 0 Å². The standard InChI is InChI=1S/C20H22O8/c1-25-13-7-9(3-5-11(13)21)17-15-16(20(24)27-17)18(28-19(15)23)10-4-6-12(22)14(8-10)26-2/h3-8,15-24H,1-2H3/t15-,16-,17-,18+,19-,20-/m0/s1. The summed E-state index contributed by atoms with van der Waals surface area (Å²) in [5, 5.41) is 40.8. The number of aliphatic hydroxyl groups is 2. The minimum absolute atomic E-state index is 0.0152. The van der Waals surface area contributed by atoms with Crippen molar-refractivity contribution in [1.29, 1.82) is 0 Å². The lowest BCUT2D eigenvalue weighted by molar-refractivity contribution is -0.173. The SMILES string of the molecule is COc1cc([C@H]2O[C@H](O)[C@H]3[C@@H]2[C@@H](O)O[C@H]3c2ccc(O)c(OC)c2)ccc1O. The fourth-order valence-corrected chi connectivity index (χ4v) is 4.09. The summed E-state index contributed by atoms with van der Waals surface area (Å²) in [5.41, 5.74) is 1.29. The van der Waals surface area contributed by atoms with Crippen molar-refractivity contribution in [3.05, 3.63) is 47.5 Å². The number of ether oxygens (including phenoxy) is 4. The largest absolute Gasteiger partial charge is 0.504 e. The van der Waals surface area contributed by atoms with E-state index in [1.54, 1.807) is 24.3 Å². The molecule has 0 saturated carbocycles. The van der Waals surface area contributed by atoms with Crippen LogP contribution in [-0.4, -0.2) is 47.2 Å². The van der Waals surface area contributed by atoms with Crippen LogP contribution in [-0.2, 0) is 9.47 Å². The zero-order valence-corrected chi connectivity index (χ0v) is 15.4. The van der Waals surface area contributed by atoms with E-state index in [4.69, 9.17) is 18.9 Å². The molecule has 4 rings (SSSR count). The third-order valence-electron chi connectivity index (χ3n) is 5.44. The molecule has 2 heterocycles. The molecule has 2 aliphatic heterocycles. The molecular weight excluding hydrogens is 368 g/mol. The van der Waals surface area contributed by atoms with Crippen LogP contribution in [0.2, 0.25) is 0 Å². The second-order valence-corrected chi connectivity index (χ2v) is 6.91. The molecule has 8 nitrogen and oxygen atoms in total. The van der Waals surface area contributed by atoms with E-state index < -0.39 is 36.6 Å². The quantitative estimate of drug-likeness (QED) is 0.625. The fourth-order valence-electron chi connectivity index (χ4n) is 4.09. The lowest BCUT2D eigenvalue weighted by Gasteiger charge is -2.21. The zero-order valence-electron chi connectivity index (χ0n) is 15.4. The first-order valence-corrected chi connectivity index (χ1v) is 8.85. The van der Waals surface area contributed by atoms with Crippen LogP contribution in [0.5, 0.6) is 23.0 Å². The van der Waals surface area contributed by atoms with E-state index in [0.29, 0.717) is 11.1 Å². The number of phenols is 2. The van der Waals surface area contributed by atoms with Gasteiger partial charge in [-0.15, -0.1) is 0 Å². The van der Waals surface area contributed by atoms with Crippen LogP contribution in [0.3, 0.4) is 0 Å². The van der Waals surface area contributed by atoms with Gasteiger partial charge in [-0.3, -0.25) is 0 Å². The Labute approximate surface area is 161 Å². The molecule has 6 atom stereocenters. The molecule has 0 bridgehead atoms. The van der Waals surface area contributed by atoms with E-state index in [-0.39, 0.29) is 23.0 Å². The highest BCUT2D eigenvalue weighted by molar-refractivity contribution is 5.44. The number of methoxy groups -OCH3 is 2. The van der Waals surface area contributed by atoms with Crippen LogP contribution in [0.4, 0.5) is 0 Å². The fraction of sp³-hybridized carbons (Fsp3) is 0.400. The molecule has 8 heteroatoms. The average Bonchev–Trinajstić information content (AvgIpc) is 3.21. The highest BCUT2D eigenvalue weighted by atomic mass is 16.7. The maximum absolute atomic E-state index is 10.6. The Kier molecular flexibility index (Phi) is 4.80. The van der Waals surface area contributed by atoms with Gasteiger partial charge in [0.05, 0.1) is 38.3 Å². The summed E-state index contributed by atoms with van der Waals surface area (Å²) in [4.78, 5) is 0. The van der Waals surface area contributed by atoms with E-state index in [9.17, 15) is 20.4 Å². The number of hydrogen-bond donors (Lipinski definition) is 4. The molecule has 0 radical (unpaired) electrons. The number of aliphatic hydroxyl groups excluding tert-OH is 2. The number of phenolic OH excluding ortho intramolecular Hbond substituents is 2. The summed E-state index contributed by atoms with van der Waals surface area (Å²) in [6, 6.07) is 9.48. The molecule has 28 heavy (non-hydrogen) atoms. The molecule has 2 fully saturated rings. The van der Waals surface area contributed by atoms with Gasteiger partial charge in [-0.1, -0.05) is 12.1 Å². The molecule has 0 unspecified atom stereocenters. The maximum atomic E-state index is 10.6. The van der Waals surface area contributed by atoms with Crippen LogP contribution >= 0.6 is 0 Å². The summed E-state index contributed by atoms with van der Waals surface area (Å²) in [7, 11) is 2.88. The minimum atomic E-state index is -1.17. The number of fused-ring (bicyclic) bond motifs is 1. The summed E-state index contributed by atoms with van der Waals surface area (Å²) in [5.74, 6) is -0.556.